The molecule has 2 aromatic rings. The minimum atomic E-state index is 0.322. The number of rotatable bonds is 3. The second kappa shape index (κ2) is 5.12. The Bertz CT molecular complexity index is 549. The summed E-state index contributed by atoms with van der Waals surface area (Å²) in [6.07, 6.45) is 2.66. The Morgan fingerprint density at radius 1 is 1.28 bits per heavy atom. The first-order valence-corrected chi connectivity index (χ1v) is 6.20. The summed E-state index contributed by atoms with van der Waals surface area (Å²) in [5, 5.41) is 0. The van der Waals surface area contributed by atoms with Crippen molar-refractivity contribution in [2.75, 3.05) is 5.73 Å². The van der Waals surface area contributed by atoms with Gasteiger partial charge in [0.25, 0.3) is 0 Å². The number of anilines is 1. The van der Waals surface area contributed by atoms with Crippen molar-refractivity contribution < 1.29 is 0 Å². The van der Waals surface area contributed by atoms with Gasteiger partial charge in [-0.2, -0.15) is 0 Å². The predicted octanol–water partition coefficient (Wildman–Crippen LogP) is 2.81. The molecule has 2 rings (SSSR count). The van der Waals surface area contributed by atoms with Crippen LogP contribution in [0, 0.1) is 0 Å². The third kappa shape index (κ3) is 2.47. The third-order valence-electron chi connectivity index (χ3n) is 2.84. The van der Waals surface area contributed by atoms with Gasteiger partial charge in [0.15, 0.2) is 5.82 Å². The largest absolute Gasteiger partial charge is 0.384 e. The Balaban J connectivity index is 2.56. The molecule has 0 saturated carbocycles. The van der Waals surface area contributed by atoms with Crippen molar-refractivity contribution in [2.45, 2.75) is 33.1 Å². The van der Waals surface area contributed by atoms with Crippen LogP contribution >= 0.6 is 0 Å². The van der Waals surface area contributed by atoms with E-state index in [0.29, 0.717) is 17.6 Å². The molecule has 0 aliphatic heterocycles. The molecule has 2 heterocycles. The predicted molar refractivity (Wildman–Crippen MR) is 73.1 cm³/mol. The summed E-state index contributed by atoms with van der Waals surface area (Å²) in [6, 6.07) is 5.80. The molecule has 0 bridgehead atoms. The normalized spacial score (nSPS) is 10.9. The molecular formula is C14H18N4. The van der Waals surface area contributed by atoms with Crippen LogP contribution in [0.5, 0.6) is 0 Å². The van der Waals surface area contributed by atoms with E-state index in [9.17, 15) is 0 Å². The quantitative estimate of drug-likeness (QED) is 0.898. The average molecular weight is 242 g/mol. The average Bonchev–Trinajstić information content (AvgIpc) is 2.38. The molecule has 0 amide bonds. The standard InChI is InChI=1S/C14H18N4/c1-4-10-6-5-7-16-13(10)14-17-11(9(2)3)8-12(15)18-14/h5-9H,4H2,1-3H3,(H2,15,17,18). The summed E-state index contributed by atoms with van der Waals surface area (Å²) in [7, 11) is 0. The van der Waals surface area contributed by atoms with Gasteiger partial charge in [-0.3, -0.25) is 4.98 Å². The molecule has 2 N–H and O–H groups in total. The van der Waals surface area contributed by atoms with Crippen LogP contribution in [0.3, 0.4) is 0 Å². The van der Waals surface area contributed by atoms with E-state index in [1.54, 1.807) is 6.20 Å². The first-order chi connectivity index (χ1) is 8.61. The van der Waals surface area contributed by atoms with E-state index in [1.165, 1.54) is 0 Å². The number of pyridine rings is 1. The van der Waals surface area contributed by atoms with E-state index in [-0.39, 0.29) is 0 Å². The molecule has 18 heavy (non-hydrogen) atoms. The molecule has 0 aromatic carbocycles. The van der Waals surface area contributed by atoms with E-state index in [2.05, 4.69) is 35.7 Å². The molecule has 0 radical (unpaired) electrons. The molecule has 0 aliphatic carbocycles. The summed E-state index contributed by atoms with van der Waals surface area (Å²) < 4.78 is 0. The Labute approximate surface area is 107 Å². The second-order valence-corrected chi connectivity index (χ2v) is 4.56. The fourth-order valence-electron chi connectivity index (χ4n) is 1.81. The zero-order valence-corrected chi connectivity index (χ0v) is 11.0. The van der Waals surface area contributed by atoms with Crippen molar-refractivity contribution in [2.24, 2.45) is 0 Å². The number of nitrogens with two attached hydrogens (primary N) is 1. The molecule has 0 unspecified atom stereocenters. The van der Waals surface area contributed by atoms with Crippen molar-refractivity contribution >= 4 is 5.82 Å². The highest BCUT2D eigenvalue weighted by Crippen LogP contribution is 2.22. The fourth-order valence-corrected chi connectivity index (χ4v) is 1.81. The SMILES string of the molecule is CCc1cccnc1-c1nc(N)cc(C(C)C)n1. The third-order valence-corrected chi connectivity index (χ3v) is 2.84. The smallest absolute Gasteiger partial charge is 0.180 e. The van der Waals surface area contributed by atoms with Gasteiger partial charge in [0.1, 0.15) is 11.5 Å². The van der Waals surface area contributed by atoms with Gasteiger partial charge < -0.3 is 5.73 Å². The molecule has 0 fully saturated rings. The topological polar surface area (TPSA) is 64.7 Å². The molecule has 0 saturated heterocycles. The summed E-state index contributed by atoms with van der Waals surface area (Å²) in [5.74, 6) is 1.44. The Morgan fingerprint density at radius 3 is 2.72 bits per heavy atom. The lowest BCUT2D eigenvalue weighted by Gasteiger charge is -2.10. The molecule has 4 nitrogen and oxygen atoms in total. The number of aryl methyl sites for hydroxylation is 1. The van der Waals surface area contributed by atoms with Gasteiger partial charge in [0.05, 0.1) is 0 Å². The Kier molecular flexibility index (Phi) is 3.55. The van der Waals surface area contributed by atoms with Crippen LogP contribution in [-0.2, 0) is 6.42 Å². The summed E-state index contributed by atoms with van der Waals surface area (Å²) in [6.45, 7) is 6.27. The van der Waals surface area contributed by atoms with Crippen LogP contribution in [0.2, 0.25) is 0 Å². The molecule has 0 aliphatic rings. The van der Waals surface area contributed by atoms with Crippen LogP contribution in [0.25, 0.3) is 11.5 Å². The molecule has 94 valence electrons. The number of hydrogen-bond acceptors (Lipinski definition) is 4. The minimum absolute atomic E-state index is 0.322. The van der Waals surface area contributed by atoms with E-state index >= 15 is 0 Å². The van der Waals surface area contributed by atoms with E-state index < -0.39 is 0 Å². The lowest BCUT2D eigenvalue weighted by Crippen LogP contribution is -2.04. The molecular weight excluding hydrogens is 224 g/mol. The van der Waals surface area contributed by atoms with Crippen LogP contribution in [0.1, 0.15) is 37.9 Å². The first kappa shape index (κ1) is 12.5. The number of aromatic nitrogens is 3. The maximum atomic E-state index is 5.85. The molecule has 4 heteroatoms. The maximum Gasteiger partial charge on any atom is 0.180 e. The summed E-state index contributed by atoms with van der Waals surface area (Å²) in [4.78, 5) is 13.2. The zero-order valence-electron chi connectivity index (χ0n) is 11.0. The number of nitrogens with zero attached hydrogens (tertiary/aromatic N) is 3. The van der Waals surface area contributed by atoms with Gasteiger partial charge in [0, 0.05) is 18.0 Å². The molecule has 0 spiro atoms. The summed E-state index contributed by atoms with van der Waals surface area (Å²) >= 11 is 0. The molecule has 0 atom stereocenters. The lowest BCUT2D eigenvalue weighted by atomic mass is 10.1. The van der Waals surface area contributed by atoms with Gasteiger partial charge in [-0.1, -0.05) is 26.8 Å². The van der Waals surface area contributed by atoms with Crippen molar-refractivity contribution in [1.29, 1.82) is 0 Å². The summed E-state index contributed by atoms with van der Waals surface area (Å²) in [5.41, 5.74) is 8.76. The van der Waals surface area contributed by atoms with Crippen molar-refractivity contribution in [3.63, 3.8) is 0 Å². The van der Waals surface area contributed by atoms with Crippen LogP contribution in [0.15, 0.2) is 24.4 Å². The Morgan fingerprint density at radius 2 is 2.06 bits per heavy atom. The van der Waals surface area contributed by atoms with Crippen LogP contribution in [0.4, 0.5) is 5.82 Å². The lowest BCUT2D eigenvalue weighted by molar-refractivity contribution is 0.816. The highest BCUT2D eigenvalue weighted by Gasteiger charge is 2.11. The fraction of sp³-hybridized carbons (Fsp3) is 0.357. The first-order valence-electron chi connectivity index (χ1n) is 6.20. The monoisotopic (exact) mass is 242 g/mol. The zero-order chi connectivity index (χ0) is 13.1. The number of hydrogen-bond donors (Lipinski definition) is 1. The van der Waals surface area contributed by atoms with Gasteiger partial charge >= 0.3 is 0 Å². The van der Waals surface area contributed by atoms with Crippen molar-refractivity contribution in [1.82, 2.24) is 15.0 Å². The van der Waals surface area contributed by atoms with Crippen molar-refractivity contribution in [3.05, 3.63) is 35.7 Å². The molecule has 2 aromatic heterocycles. The number of nitrogen functional groups attached to an aromatic ring is 1. The van der Waals surface area contributed by atoms with Crippen LogP contribution in [-0.4, -0.2) is 15.0 Å². The minimum Gasteiger partial charge on any atom is -0.384 e. The second-order valence-electron chi connectivity index (χ2n) is 4.56. The Hall–Kier alpha value is -1.97. The van der Waals surface area contributed by atoms with Gasteiger partial charge in [-0.15, -0.1) is 0 Å². The highest BCUT2D eigenvalue weighted by molar-refractivity contribution is 5.56. The van der Waals surface area contributed by atoms with E-state index in [1.807, 2.05) is 18.2 Å². The van der Waals surface area contributed by atoms with Gasteiger partial charge in [0.2, 0.25) is 0 Å². The van der Waals surface area contributed by atoms with Crippen LogP contribution < -0.4 is 5.73 Å². The highest BCUT2D eigenvalue weighted by atomic mass is 15.0. The van der Waals surface area contributed by atoms with Gasteiger partial charge in [-0.05, 0) is 24.0 Å². The van der Waals surface area contributed by atoms with Gasteiger partial charge in [-0.25, -0.2) is 9.97 Å². The van der Waals surface area contributed by atoms with Crippen molar-refractivity contribution in [3.8, 4) is 11.5 Å². The van der Waals surface area contributed by atoms with E-state index in [4.69, 9.17) is 5.73 Å². The van der Waals surface area contributed by atoms with E-state index in [0.717, 1.165) is 23.4 Å². The maximum absolute atomic E-state index is 5.85.